The van der Waals surface area contributed by atoms with Crippen molar-refractivity contribution in [3.8, 4) is 28.1 Å². The highest BCUT2D eigenvalue weighted by Crippen LogP contribution is 2.34. The number of nitrogens with one attached hydrogen (secondary N) is 1. The Morgan fingerprint density at radius 3 is 2.54 bits per heavy atom. The zero-order valence-electron chi connectivity index (χ0n) is 19.5. The number of phenolic OH excluding ortho intramolecular Hbond substituents is 1. The molecular weight excluding hydrogens is 442 g/mol. The summed E-state index contributed by atoms with van der Waals surface area (Å²) in [6.45, 7) is 2.60. The Hall–Kier alpha value is -4.13. The molecular formula is C28H27N3O4. The number of pyridine rings is 1. The Bertz CT molecular complexity index is 1380. The van der Waals surface area contributed by atoms with Crippen molar-refractivity contribution in [2.75, 3.05) is 13.1 Å². The van der Waals surface area contributed by atoms with Gasteiger partial charge in [-0.1, -0.05) is 30.3 Å². The number of carboxylic acid groups (broad SMARTS) is 1. The van der Waals surface area contributed by atoms with Crippen LogP contribution in [0.3, 0.4) is 0 Å². The molecule has 7 heteroatoms. The molecule has 178 valence electrons. The molecule has 1 aliphatic heterocycles. The number of aromatic hydroxyl groups is 1. The first-order valence-corrected chi connectivity index (χ1v) is 11.7. The first-order chi connectivity index (χ1) is 16.8. The molecule has 5 rings (SSSR count). The van der Waals surface area contributed by atoms with Gasteiger partial charge in [0.1, 0.15) is 5.75 Å². The van der Waals surface area contributed by atoms with Crippen LogP contribution in [0, 0.1) is 5.41 Å². The molecule has 3 N–H and O–H groups in total. The normalized spacial score (nSPS) is 15.3. The van der Waals surface area contributed by atoms with Crippen LogP contribution in [0.2, 0.25) is 0 Å². The lowest BCUT2D eigenvalue weighted by atomic mass is 9.80. The molecule has 1 fully saturated rings. The third-order valence-corrected chi connectivity index (χ3v) is 7.06. The number of aromatic amines is 1. The summed E-state index contributed by atoms with van der Waals surface area (Å²) in [5, 5.41) is 21.2. The molecule has 0 unspecified atom stereocenters. The van der Waals surface area contributed by atoms with E-state index in [1.165, 1.54) is 0 Å². The first-order valence-electron chi connectivity index (χ1n) is 11.7. The SMILES string of the molecule is CC1(C(=O)O)CCN(C(=O)Cc2ccc(-c3cccc(-c4cc5ccncc5[nH]4)c3)c(O)c2)CC1. The molecule has 7 nitrogen and oxygen atoms in total. The largest absolute Gasteiger partial charge is 0.507 e. The van der Waals surface area contributed by atoms with E-state index in [9.17, 15) is 19.8 Å². The predicted molar refractivity (Wildman–Crippen MR) is 134 cm³/mol. The number of rotatable bonds is 5. The fourth-order valence-corrected chi connectivity index (χ4v) is 4.66. The van der Waals surface area contributed by atoms with Crippen molar-refractivity contribution in [1.29, 1.82) is 0 Å². The minimum Gasteiger partial charge on any atom is -0.507 e. The number of amides is 1. The molecule has 2 aromatic carbocycles. The minimum absolute atomic E-state index is 0.0557. The number of likely N-dealkylation sites (tertiary alicyclic amines) is 1. The van der Waals surface area contributed by atoms with Crippen molar-refractivity contribution >= 4 is 22.8 Å². The lowest BCUT2D eigenvalue weighted by molar-refractivity contribution is -0.152. The van der Waals surface area contributed by atoms with Crippen molar-refractivity contribution in [3.63, 3.8) is 0 Å². The lowest BCUT2D eigenvalue weighted by Crippen LogP contribution is -2.45. The lowest BCUT2D eigenvalue weighted by Gasteiger charge is -2.36. The number of carbonyl (C=O) groups is 2. The van der Waals surface area contributed by atoms with Gasteiger partial charge in [0.05, 0.1) is 23.5 Å². The highest BCUT2D eigenvalue weighted by Gasteiger charge is 2.37. The number of fused-ring (bicyclic) bond motifs is 1. The first kappa shape index (κ1) is 22.7. The number of carboxylic acids is 1. The van der Waals surface area contributed by atoms with Gasteiger partial charge in [-0.2, -0.15) is 0 Å². The molecule has 0 spiro atoms. The number of hydrogen-bond donors (Lipinski definition) is 3. The average molecular weight is 470 g/mol. The summed E-state index contributed by atoms with van der Waals surface area (Å²) in [5.41, 5.74) is 4.45. The second-order valence-electron chi connectivity index (χ2n) is 9.50. The van der Waals surface area contributed by atoms with Gasteiger partial charge in [-0.25, -0.2) is 0 Å². The number of hydrogen-bond acceptors (Lipinski definition) is 4. The van der Waals surface area contributed by atoms with Gasteiger partial charge in [-0.3, -0.25) is 14.6 Å². The highest BCUT2D eigenvalue weighted by molar-refractivity contribution is 5.86. The molecule has 2 aromatic heterocycles. The van der Waals surface area contributed by atoms with E-state index in [-0.39, 0.29) is 18.1 Å². The fraction of sp³-hybridized carbons (Fsp3) is 0.250. The van der Waals surface area contributed by atoms with Crippen LogP contribution in [0.25, 0.3) is 33.3 Å². The third-order valence-electron chi connectivity index (χ3n) is 7.06. The van der Waals surface area contributed by atoms with Gasteiger partial charge < -0.3 is 20.1 Å². The third kappa shape index (κ3) is 4.49. The molecule has 0 bridgehead atoms. The Morgan fingerprint density at radius 1 is 1.06 bits per heavy atom. The second-order valence-corrected chi connectivity index (χ2v) is 9.50. The van der Waals surface area contributed by atoms with Crippen LogP contribution in [0.15, 0.2) is 67.0 Å². The number of carbonyl (C=O) groups excluding carboxylic acids is 1. The molecule has 1 amide bonds. The number of aromatic nitrogens is 2. The highest BCUT2D eigenvalue weighted by atomic mass is 16.4. The van der Waals surface area contributed by atoms with Gasteiger partial charge in [-0.05, 0) is 60.7 Å². The van der Waals surface area contributed by atoms with Crippen molar-refractivity contribution in [3.05, 3.63) is 72.6 Å². The number of piperidine rings is 1. The average Bonchev–Trinajstić information content (AvgIpc) is 3.29. The quantitative estimate of drug-likeness (QED) is 0.387. The minimum atomic E-state index is -0.810. The summed E-state index contributed by atoms with van der Waals surface area (Å²) >= 11 is 0. The zero-order valence-corrected chi connectivity index (χ0v) is 19.5. The molecule has 35 heavy (non-hydrogen) atoms. The predicted octanol–water partition coefficient (Wildman–Crippen LogP) is 4.86. The van der Waals surface area contributed by atoms with Gasteiger partial charge in [0.25, 0.3) is 0 Å². The van der Waals surface area contributed by atoms with Crippen LogP contribution in [0.5, 0.6) is 5.75 Å². The van der Waals surface area contributed by atoms with Crippen LogP contribution in [-0.2, 0) is 16.0 Å². The van der Waals surface area contributed by atoms with Crippen LogP contribution in [-0.4, -0.2) is 50.0 Å². The maximum absolute atomic E-state index is 12.8. The van der Waals surface area contributed by atoms with Gasteiger partial charge >= 0.3 is 5.97 Å². The summed E-state index contributed by atoms with van der Waals surface area (Å²) in [4.78, 5) is 33.5. The van der Waals surface area contributed by atoms with Crippen molar-refractivity contribution in [2.45, 2.75) is 26.2 Å². The molecule has 0 aliphatic carbocycles. The summed E-state index contributed by atoms with van der Waals surface area (Å²) < 4.78 is 0. The monoisotopic (exact) mass is 469 g/mol. The number of aliphatic carboxylic acids is 1. The summed E-state index contributed by atoms with van der Waals surface area (Å²) in [6, 6.07) is 17.3. The zero-order chi connectivity index (χ0) is 24.6. The van der Waals surface area contributed by atoms with E-state index >= 15 is 0 Å². The molecule has 1 saturated heterocycles. The van der Waals surface area contributed by atoms with Gasteiger partial charge in [0.15, 0.2) is 0 Å². The fourth-order valence-electron chi connectivity index (χ4n) is 4.66. The van der Waals surface area contributed by atoms with E-state index in [0.29, 0.717) is 31.5 Å². The second kappa shape index (κ2) is 8.91. The van der Waals surface area contributed by atoms with Crippen LogP contribution in [0.4, 0.5) is 0 Å². The Labute approximate surface area is 203 Å². The van der Waals surface area contributed by atoms with Gasteiger partial charge in [0.2, 0.25) is 5.91 Å². The smallest absolute Gasteiger partial charge is 0.309 e. The van der Waals surface area contributed by atoms with Crippen molar-refractivity contribution in [2.24, 2.45) is 5.41 Å². The van der Waals surface area contributed by atoms with Crippen molar-refractivity contribution < 1.29 is 19.8 Å². The Balaban J connectivity index is 1.31. The standard InChI is InChI=1S/C28H27N3O4/c1-28(27(34)35)8-11-31(12-9-28)26(33)14-18-5-6-22(25(32)13-18)19-3-2-4-20(15-19)23-16-21-7-10-29-17-24(21)30-23/h2-7,10,13,15-17,30,32H,8-9,11-12,14H2,1H3,(H,34,35). The topological polar surface area (TPSA) is 107 Å². The Kier molecular flexibility index (Phi) is 5.76. The number of phenols is 1. The van der Waals surface area contributed by atoms with Crippen LogP contribution < -0.4 is 0 Å². The van der Waals surface area contributed by atoms with E-state index in [2.05, 4.69) is 16.0 Å². The van der Waals surface area contributed by atoms with E-state index < -0.39 is 11.4 Å². The molecule has 3 heterocycles. The molecule has 1 aliphatic rings. The summed E-state index contributed by atoms with van der Waals surface area (Å²) in [5.74, 6) is -0.749. The Morgan fingerprint density at radius 2 is 1.83 bits per heavy atom. The maximum Gasteiger partial charge on any atom is 0.309 e. The maximum atomic E-state index is 12.8. The number of benzene rings is 2. The number of H-pyrrole nitrogens is 1. The molecule has 4 aromatic rings. The summed E-state index contributed by atoms with van der Waals surface area (Å²) in [7, 11) is 0. The molecule has 0 saturated carbocycles. The van der Waals surface area contributed by atoms with Crippen molar-refractivity contribution in [1.82, 2.24) is 14.9 Å². The molecule has 0 radical (unpaired) electrons. The van der Waals surface area contributed by atoms with E-state index in [0.717, 1.165) is 33.3 Å². The van der Waals surface area contributed by atoms with Crippen LogP contribution >= 0.6 is 0 Å². The van der Waals surface area contributed by atoms with E-state index in [4.69, 9.17) is 0 Å². The van der Waals surface area contributed by atoms with Gasteiger partial charge in [-0.15, -0.1) is 0 Å². The number of nitrogens with zero attached hydrogens (tertiary/aromatic N) is 2. The van der Waals surface area contributed by atoms with E-state index in [1.54, 1.807) is 30.3 Å². The summed E-state index contributed by atoms with van der Waals surface area (Å²) in [6.07, 6.45) is 4.62. The van der Waals surface area contributed by atoms with Crippen LogP contribution in [0.1, 0.15) is 25.3 Å². The van der Waals surface area contributed by atoms with Gasteiger partial charge in [0, 0.05) is 35.9 Å². The van der Waals surface area contributed by atoms with E-state index in [1.807, 2.05) is 42.5 Å². The molecule has 0 atom stereocenters.